The van der Waals surface area contributed by atoms with Gasteiger partial charge < -0.3 is 0 Å². The van der Waals surface area contributed by atoms with E-state index in [1.165, 1.54) is 20.8 Å². The van der Waals surface area contributed by atoms with E-state index in [4.69, 9.17) is 18.9 Å². The molecule has 1 aliphatic rings. The fraction of sp³-hybridized carbons (Fsp3) is 0.500. The van der Waals surface area contributed by atoms with Gasteiger partial charge in [0.05, 0.1) is 0 Å². The Bertz CT molecular complexity index is 648. The summed E-state index contributed by atoms with van der Waals surface area (Å²) >= 11 is -0.213. The summed E-state index contributed by atoms with van der Waals surface area (Å²) in [6.45, 7) is 5.53. The molecule has 1 aromatic rings. The molecule has 1 fully saturated rings. The molecular formula is C18H22O7Se. The van der Waals surface area contributed by atoms with E-state index >= 15 is 0 Å². The third-order valence-electron chi connectivity index (χ3n) is 3.63. The summed E-state index contributed by atoms with van der Waals surface area (Å²) in [5.41, 5.74) is 0. The van der Waals surface area contributed by atoms with Gasteiger partial charge >= 0.3 is 158 Å². The van der Waals surface area contributed by atoms with E-state index in [2.05, 4.69) is 0 Å². The number of rotatable bonds is 5. The maximum atomic E-state index is 11.6. The third-order valence-corrected chi connectivity index (χ3v) is 6.05. The number of benzene rings is 1. The van der Waals surface area contributed by atoms with Gasteiger partial charge in [-0.15, -0.1) is 0 Å². The third kappa shape index (κ3) is 5.56. The monoisotopic (exact) mass is 430 g/mol. The van der Waals surface area contributed by atoms with Crippen LogP contribution in [0.5, 0.6) is 0 Å². The van der Waals surface area contributed by atoms with Gasteiger partial charge in [-0.25, -0.2) is 0 Å². The van der Waals surface area contributed by atoms with Crippen LogP contribution in [0.25, 0.3) is 0 Å². The predicted octanol–water partition coefficient (Wildman–Crippen LogP) is 0.556. The predicted molar refractivity (Wildman–Crippen MR) is 92.8 cm³/mol. The molecule has 1 saturated heterocycles. The van der Waals surface area contributed by atoms with E-state index in [0.717, 1.165) is 4.46 Å². The molecule has 142 valence electrons. The van der Waals surface area contributed by atoms with Crippen molar-refractivity contribution in [3.05, 3.63) is 30.3 Å². The number of carbonyl (C=O) groups excluding carboxylic acids is 3. The first kappa shape index (κ1) is 20.4. The van der Waals surface area contributed by atoms with Crippen LogP contribution in [-0.2, 0) is 33.3 Å². The average Bonchev–Trinajstić information content (AvgIpc) is 2.54. The van der Waals surface area contributed by atoms with Gasteiger partial charge in [0.2, 0.25) is 0 Å². The van der Waals surface area contributed by atoms with Gasteiger partial charge in [-0.1, -0.05) is 0 Å². The molecule has 0 aromatic heterocycles. The number of carbonyl (C=O) groups is 3. The van der Waals surface area contributed by atoms with Gasteiger partial charge in [0.25, 0.3) is 0 Å². The van der Waals surface area contributed by atoms with Crippen molar-refractivity contribution in [3.8, 4) is 0 Å². The van der Waals surface area contributed by atoms with Crippen molar-refractivity contribution in [1.82, 2.24) is 0 Å². The fourth-order valence-corrected chi connectivity index (χ4v) is 5.13. The molecule has 1 aromatic carbocycles. The van der Waals surface area contributed by atoms with Crippen LogP contribution in [0.1, 0.15) is 27.7 Å². The first-order valence-corrected chi connectivity index (χ1v) is 10.0. The molecule has 0 bridgehead atoms. The molecule has 1 aliphatic heterocycles. The zero-order valence-electron chi connectivity index (χ0n) is 15.0. The van der Waals surface area contributed by atoms with Gasteiger partial charge in [-0.3, -0.25) is 0 Å². The summed E-state index contributed by atoms with van der Waals surface area (Å²) < 4.78 is 23.2. The van der Waals surface area contributed by atoms with Crippen LogP contribution in [0.3, 0.4) is 0 Å². The van der Waals surface area contributed by atoms with Crippen molar-refractivity contribution >= 4 is 37.3 Å². The standard InChI is InChI=1S/C18H22O7Se/c1-10-15(23-11(2)19)16(24-12(3)20)17(25-13(4)21)18(22-10)26-14-8-6-5-7-9-14/h5-10,15-18H,1-4H3/t10-,15-,16+,17+,18-/m0/s1. The molecule has 7 nitrogen and oxygen atoms in total. The molecule has 2 rings (SSSR count). The molecule has 0 aliphatic carbocycles. The second-order valence-electron chi connectivity index (χ2n) is 5.86. The molecule has 0 radical (unpaired) electrons. The SMILES string of the molecule is CC(=O)O[C@@H]1[C@@H](OC(C)=O)[C@H](C)O[C@@H]([Se]c2ccccc2)[C@@H]1OC(C)=O. The van der Waals surface area contributed by atoms with E-state index in [1.807, 2.05) is 30.3 Å². The molecule has 0 saturated carbocycles. The van der Waals surface area contributed by atoms with Crippen molar-refractivity contribution in [2.45, 2.75) is 57.1 Å². The van der Waals surface area contributed by atoms with Crippen molar-refractivity contribution < 1.29 is 33.3 Å². The summed E-state index contributed by atoms with van der Waals surface area (Å²) in [6, 6.07) is 9.65. The number of ether oxygens (including phenoxy) is 4. The maximum absolute atomic E-state index is 11.6. The molecule has 0 spiro atoms. The average molecular weight is 429 g/mol. The number of hydrogen-bond acceptors (Lipinski definition) is 7. The van der Waals surface area contributed by atoms with Crippen molar-refractivity contribution in [2.24, 2.45) is 0 Å². The normalized spacial score (nSPS) is 28.1. The molecule has 1 heterocycles. The van der Waals surface area contributed by atoms with Gasteiger partial charge in [0.1, 0.15) is 0 Å². The molecular weight excluding hydrogens is 407 g/mol. The Hall–Kier alpha value is -1.89. The van der Waals surface area contributed by atoms with Crippen LogP contribution in [-0.4, -0.2) is 62.3 Å². The zero-order chi connectivity index (χ0) is 19.3. The zero-order valence-corrected chi connectivity index (χ0v) is 16.8. The Balaban J connectivity index is 2.33. The van der Waals surface area contributed by atoms with Gasteiger partial charge in [0.15, 0.2) is 0 Å². The van der Waals surface area contributed by atoms with E-state index < -0.39 is 47.3 Å². The van der Waals surface area contributed by atoms with Crippen molar-refractivity contribution in [2.75, 3.05) is 0 Å². The van der Waals surface area contributed by atoms with E-state index in [-0.39, 0.29) is 15.0 Å². The topological polar surface area (TPSA) is 88.1 Å². The summed E-state index contributed by atoms with van der Waals surface area (Å²) in [7, 11) is 0. The van der Waals surface area contributed by atoms with Gasteiger partial charge in [-0.2, -0.15) is 0 Å². The number of hydrogen-bond donors (Lipinski definition) is 0. The Morgan fingerprint density at radius 2 is 1.35 bits per heavy atom. The Morgan fingerprint density at radius 1 is 0.846 bits per heavy atom. The van der Waals surface area contributed by atoms with Crippen LogP contribution < -0.4 is 4.46 Å². The van der Waals surface area contributed by atoms with Gasteiger partial charge in [-0.05, 0) is 0 Å². The minimum atomic E-state index is -0.931. The Morgan fingerprint density at radius 3 is 1.88 bits per heavy atom. The molecule has 0 amide bonds. The van der Waals surface area contributed by atoms with Crippen LogP contribution >= 0.6 is 0 Å². The van der Waals surface area contributed by atoms with Gasteiger partial charge in [0, 0.05) is 0 Å². The molecule has 0 N–H and O–H groups in total. The molecule has 0 unspecified atom stereocenters. The molecule has 8 heteroatoms. The second kappa shape index (κ2) is 9.16. The van der Waals surface area contributed by atoms with Crippen LogP contribution in [0.15, 0.2) is 30.3 Å². The summed E-state index contributed by atoms with van der Waals surface area (Å²) in [5.74, 6) is -1.61. The minimum absolute atomic E-state index is 0.213. The van der Waals surface area contributed by atoms with Crippen molar-refractivity contribution in [1.29, 1.82) is 0 Å². The Labute approximate surface area is 158 Å². The van der Waals surface area contributed by atoms with E-state index in [1.54, 1.807) is 6.92 Å². The molecule has 5 atom stereocenters. The fourth-order valence-electron chi connectivity index (χ4n) is 2.70. The number of esters is 3. The summed E-state index contributed by atoms with van der Waals surface area (Å²) in [5, 5.41) is -0.486. The first-order valence-electron chi connectivity index (χ1n) is 8.16. The van der Waals surface area contributed by atoms with Crippen molar-refractivity contribution in [3.63, 3.8) is 0 Å². The van der Waals surface area contributed by atoms with Crippen LogP contribution in [0.4, 0.5) is 0 Å². The van der Waals surface area contributed by atoms with E-state index in [9.17, 15) is 14.4 Å². The van der Waals surface area contributed by atoms with E-state index in [0.29, 0.717) is 0 Å². The second-order valence-corrected chi connectivity index (χ2v) is 8.32. The van der Waals surface area contributed by atoms with Crippen LogP contribution in [0, 0.1) is 0 Å². The summed E-state index contributed by atoms with van der Waals surface area (Å²) in [6.07, 6.45) is -3.17. The first-order chi connectivity index (χ1) is 12.3. The summed E-state index contributed by atoms with van der Waals surface area (Å²) in [4.78, 5) is 34.7. The molecule has 26 heavy (non-hydrogen) atoms. The Kier molecular flexibility index (Phi) is 7.20. The quantitative estimate of drug-likeness (QED) is 0.384. The van der Waals surface area contributed by atoms with Crippen LogP contribution in [0.2, 0.25) is 0 Å².